The third-order valence-electron chi connectivity index (χ3n) is 5.87. The van der Waals surface area contributed by atoms with Crippen LogP contribution < -0.4 is 5.32 Å². The Balaban J connectivity index is 1.68. The van der Waals surface area contributed by atoms with E-state index >= 15 is 0 Å². The summed E-state index contributed by atoms with van der Waals surface area (Å²) in [7, 11) is 0. The lowest BCUT2D eigenvalue weighted by atomic mass is 9.43. The maximum Gasteiger partial charge on any atom is 0.334 e. The highest BCUT2D eigenvalue weighted by Gasteiger charge is 2.59. The lowest BCUT2D eigenvalue weighted by Gasteiger charge is -2.65. The summed E-state index contributed by atoms with van der Waals surface area (Å²) in [5, 5.41) is 3.72. The van der Waals surface area contributed by atoms with Crippen LogP contribution in [0.25, 0.3) is 0 Å². The maximum atomic E-state index is 11.7. The number of carbonyl (C=O) groups excluding carboxylic acids is 1. The van der Waals surface area contributed by atoms with Gasteiger partial charge in [0.15, 0.2) is 0 Å². The summed E-state index contributed by atoms with van der Waals surface area (Å²) in [6.45, 7) is 11.6. The Kier molecular flexibility index (Phi) is 3.47. The van der Waals surface area contributed by atoms with Gasteiger partial charge in [-0.2, -0.15) is 0 Å². The van der Waals surface area contributed by atoms with E-state index in [1.807, 2.05) is 6.92 Å². The first-order chi connectivity index (χ1) is 9.77. The number of esters is 1. The fourth-order valence-electron chi connectivity index (χ4n) is 6.24. The molecule has 3 nitrogen and oxygen atoms in total. The van der Waals surface area contributed by atoms with Crippen LogP contribution in [0.4, 0.5) is 0 Å². The van der Waals surface area contributed by atoms with Crippen molar-refractivity contribution in [3.8, 4) is 0 Å². The summed E-state index contributed by atoms with van der Waals surface area (Å²) in [5.41, 5.74) is 1.76. The molecule has 21 heavy (non-hydrogen) atoms. The van der Waals surface area contributed by atoms with Crippen molar-refractivity contribution >= 4 is 5.97 Å². The molecule has 4 rings (SSSR count). The van der Waals surface area contributed by atoms with Crippen molar-refractivity contribution in [1.82, 2.24) is 5.32 Å². The van der Waals surface area contributed by atoms with E-state index in [2.05, 4.69) is 25.7 Å². The molecule has 0 radical (unpaired) electrons. The van der Waals surface area contributed by atoms with Crippen molar-refractivity contribution in [2.24, 2.45) is 16.7 Å². The molecule has 118 valence electrons. The number of rotatable bonds is 5. The summed E-state index contributed by atoms with van der Waals surface area (Å²) in [5.74, 6) is 0.603. The fraction of sp³-hybridized carbons (Fsp3) is 0.833. The predicted octanol–water partition coefficient (Wildman–Crippen LogP) is 3.44. The van der Waals surface area contributed by atoms with E-state index in [1.54, 1.807) is 0 Å². The second-order valence-corrected chi connectivity index (χ2v) is 8.59. The zero-order valence-electron chi connectivity index (χ0n) is 13.8. The zero-order chi connectivity index (χ0) is 15.3. The predicted molar refractivity (Wildman–Crippen MR) is 83.9 cm³/mol. The van der Waals surface area contributed by atoms with Crippen molar-refractivity contribution in [2.45, 2.75) is 64.8 Å². The summed E-state index contributed by atoms with van der Waals surface area (Å²) >= 11 is 0. The molecule has 2 atom stereocenters. The molecule has 0 heterocycles. The first kappa shape index (κ1) is 15.1. The molecule has 1 N–H and O–H groups in total. The minimum absolute atomic E-state index is 0.221. The zero-order valence-corrected chi connectivity index (χ0v) is 13.8. The second-order valence-electron chi connectivity index (χ2n) is 8.59. The van der Waals surface area contributed by atoms with Crippen LogP contribution in [0.5, 0.6) is 0 Å². The Labute approximate surface area is 128 Å². The van der Waals surface area contributed by atoms with E-state index in [0.29, 0.717) is 29.6 Å². The van der Waals surface area contributed by atoms with Crippen molar-refractivity contribution in [1.29, 1.82) is 0 Å². The Morgan fingerprint density at radius 2 is 1.81 bits per heavy atom. The molecule has 0 aromatic heterocycles. The summed E-state index contributed by atoms with van der Waals surface area (Å²) < 4.78 is 5.04. The molecule has 4 saturated carbocycles. The normalized spacial score (nSPS) is 43.9. The molecule has 0 amide bonds. The molecule has 0 aromatic rings. The maximum absolute atomic E-state index is 11.7. The van der Waals surface area contributed by atoms with Gasteiger partial charge in [0.25, 0.3) is 0 Å². The van der Waals surface area contributed by atoms with Crippen LogP contribution >= 0.6 is 0 Å². The van der Waals surface area contributed by atoms with Crippen LogP contribution in [0, 0.1) is 16.7 Å². The molecule has 3 heteroatoms. The average molecular weight is 291 g/mol. The van der Waals surface area contributed by atoms with E-state index < -0.39 is 0 Å². The SMILES string of the molecule is C=C(CNC12CC3CC(C)(CC(C)(C3)C1)C2)C(=O)OCC. The number of hydrogen-bond acceptors (Lipinski definition) is 3. The van der Waals surface area contributed by atoms with Gasteiger partial charge in [-0.3, -0.25) is 0 Å². The van der Waals surface area contributed by atoms with Gasteiger partial charge in [0.2, 0.25) is 0 Å². The number of hydrogen-bond donors (Lipinski definition) is 1. The molecule has 0 spiro atoms. The standard InChI is InChI=1S/C18H29NO2/c1-5-21-15(20)13(2)9-19-18-8-14-6-16(3,11-18)10-17(4,7-14)12-18/h14,19H,2,5-12H2,1,3-4H3. The number of nitrogens with one attached hydrogen (secondary N) is 1. The van der Waals surface area contributed by atoms with Gasteiger partial charge in [-0.05, 0) is 62.2 Å². The van der Waals surface area contributed by atoms with E-state index in [9.17, 15) is 4.79 Å². The van der Waals surface area contributed by atoms with Crippen LogP contribution in [0.1, 0.15) is 59.3 Å². The molecular weight excluding hydrogens is 262 g/mol. The van der Waals surface area contributed by atoms with Crippen LogP contribution in [-0.4, -0.2) is 24.7 Å². The van der Waals surface area contributed by atoms with Gasteiger partial charge >= 0.3 is 5.97 Å². The van der Waals surface area contributed by atoms with Crippen LogP contribution in [-0.2, 0) is 9.53 Å². The van der Waals surface area contributed by atoms with Gasteiger partial charge in [-0.25, -0.2) is 4.79 Å². The molecule has 4 aliphatic rings. The quantitative estimate of drug-likeness (QED) is 0.623. The largest absolute Gasteiger partial charge is 0.463 e. The molecule has 4 fully saturated rings. The molecule has 0 saturated heterocycles. The third kappa shape index (κ3) is 2.77. The lowest BCUT2D eigenvalue weighted by molar-refractivity contribution is -0.138. The highest BCUT2D eigenvalue weighted by molar-refractivity contribution is 5.88. The van der Waals surface area contributed by atoms with Crippen LogP contribution in [0.3, 0.4) is 0 Å². The van der Waals surface area contributed by atoms with Crippen LogP contribution in [0.2, 0.25) is 0 Å². The van der Waals surface area contributed by atoms with Crippen molar-refractivity contribution < 1.29 is 9.53 Å². The minimum atomic E-state index is -0.257. The van der Waals surface area contributed by atoms with E-state index in [0.717, 1.165) is 5.92 Å². The van der Waals surface area contributed by atoms with Crippen LogP contribution in [0.15, 0.2) is 12.2 Å². The minimum Gasteiger partial charge on any atom is -0.463 e. The second kappa shape index (κ2) is 4.84. The molecule has 4 bridgehead atoms. The Bertz CT molecular complexity index is 452. The van der Waals surface area contributed by atoms with Gasteiger partial charge in [0.05, 0.1) is 6.61 Å². The van der Waals surface area contributed by atoms with Crippen molar-refractivity contribution in [3.63, 3.8) is 0 Å². The smallest absolute Gasteiger partial charge is 0.334 e. The topological polar surface area (TPSA) is 38.3 Å². The molecule has 2 unspecified atom stereocenters. The van der Waals surface area contributed by atoms with Crippen molar-refractivity contribution in [3.05, 3.63) is 12.2 Å². The van der Waals surface area contributed by atoms with Gasteiger partial charge in [0.1, 0.15) is 0 Å². The molecule has 0 aliphatic heterocycles. The first-order valence-corrected chi connectivity index (χ1v) is 8.37. The fourth-order valence-corrected chi connectivity index (χ4v) is 6.24. The van der Waals surface area contributed by atoms with Gasteiger partial charge in [-0.1, -0.05) is 20.4 Å². The Morgan fingerprint density at radius 3 is 2.33 bits per heavy atom. The highest BCUT2D eigenvalue weighted by atomic mass is 16.5. The Hall–Kier alpha value is -0.830. The van der Waals surface area contributed by atoms with Crippen molar-refractivity contribution in [2.75, 3.05) is 13.2 Å². The van der Waals surface area contributed by atoms with E-state index in [-0.39, 0.29) is 11.5 Å². The molecule has 0 aromatic carbocycles. The van der Waals surface area contributed by atoms with E-state index in [1.165, 1.54) is 38.5 Å². The average Bonchev–Trinajstić information content (AvgIpc) is 2.31. The summed E-state index contributed by atoms with van der Waals surface area (Å²) in [6, 6.07) is 0. The van der Waals surface area contributed by atoms with Gasteiger partial charge < -0.3 is 10.1 Å². The van der Waals surface area contributed by atoms with E-state index in [4.69, 9.17) is 4.74 Å². The molecular formula is C18H29NO2. The van der Waals surface area contributed by atoms with Gasteiger partial charge in [0, 0.05) is 17.7 Å². The monoisotopic (exact) mass is 291 g/mol. The van der Waals surface area contributed by atoms with Gasteiger partial charge in [-0.15, -0.1) is 0 Å². The first-order valence-electron chi connectivity index (χ1n) is 8.37. The molecule has 4 aliphatic carbocycles. The third-order valence-corrected chi connectivity index (χ3v) is 5.87. The lowest BCUT2D eigenvalue weighted by Crippen LogP contribution is -2.64. The summed E-state index contributed by atoms with van der Waals surface area (Å²) in [4.78, 5) is 11.7. The number of ether oxygens (including phenoxy) is 1. The highest BCUT2D eigenvalue weighted by Crippen LogP contribution is 2.66. The Morgan fingerprint density at radius 1 is 1.19 bits per heavy atom. The summed E-state index contributed by atoms with van der Waals surface area (Å²) in [6.07, 6.45) is 7.94. The number of carbonyl (C=O) groups is 1.